The molecule has 2 aliphatic rings. The highest BCUT2D eigenvalue weighted by Crippen LogP contribution is 2.42. The third-order valence-corrected chi connectivity index (χ3v) is 7.35. The average molecular weight is 475 g/mol. The van der Waals surface area contributed by atoms with Gasteiger partial charge in [0.2, 0.25) is 0 Å². The number of rotatable bonds is 5. The summed E-state index contributed by atoms with van der Waals surface area (Å²) in [6, 6.07) is 19.1. The monoisotopic (exact) mass is 474 g/mol. The second-order valence-corrected chi connectivity index (χ2v) is 9.66. The lowest BCUT2D eigenvalue weighted by atomic mass is 9.79. The smallest absolute Gasteiger partial charge is 0.133 e. The molecule has 5 heteroatoms. The number of piperazine rings is 1. The Morgan fingerprint density at radius 3 is 2.17 bits per heavy atom. The number of hydrogen-bond donors (Lipinski definition) is 0. The summed E-state index contributed by atoms with van der Waals surface area (Å²) in [5.41, 5.74) is 6.90. The van der Waals surface area contributed by atoms with E-state index in [2.05, 4.69) is 60.0 Å². The third-order valence-electron chi connectivity index (χ3n) is 7.35. The van der Waals surface area contributed by atoms with Gasteiger partial charge < -0.3 is 9.64 Å². The minimum atomic E-state index is -0.559. The molecule has 1 fully saturated rings. The Morgan fingerprint density at radius 1 is 0.800 bits per heavy atom. The minimum Gasteiger partial charge on any atom is -0.497 e. The molecule has 0 N–H and O–H groups in total. The Hall–Kier alpha value is -3.18. The van der Waals surface area contributed by atoms with E-state index in [1.54, 1.807) is 13.2 Å². The van der Waals surface area contributed by atoms with Crippen molar-refractivity contribution in [3.05, 3.63) is 94.6 Å². The van der Waals surface area contributed by atoms with Crippen molar-refractivity contribution in [2.75, 3.05) is 38.2 Å². The SMILES string of the molecule is COc1ccc2c(c1)CCC(c1ccc(F)cc1F)=C2c1ccc(N2CCN(C(C)C)CC2)cc1. The molecule has 35 heavy (non-hydrogen) atoms. The molecule has 5 rings (SSSR count). The van der Waals surface area contributed by atoms with Crippen LogP contribution in [-0.2, 0) is 6.42 Å². The van der Waals surface area contributed by atoms with E-state index >= 15 is 0 Å². The van der Waals surface area contributed by atoms with E-state index in [1.807, 2.05) is 6.07 Å². The zero-order valence-electron chi connectivity index (χ0n) is 20.7. The van der Waals surface area contributed by atoms with Gasteiger partial charge in [-0.25, -0.2) is 8.78 Å². The molecule has 0 bridgehead atoms. The standard InChI is InChI=1S/C30H32F2N2O/c1-20(2)33-14-16-34(17-15-33)24-8-4-21(5-9-24)30-26-13-10-25(35-3)18-22(26)6-11-28(30)27-12-7-23(31)19-29(27)32/h4-5,7-10,12-13,18-20H,6,11,14-17H2,1-3H3. The Balaban J connectivity index is 1.54. The van der Waals surface area contributed by atoms with Crippen LogP contribution in [0.3, 0.4) is 0 Å². The Kier molecular flexibility index (Phi) is 6.61. The second-order valence-electron chi connectivity index (χ2n) is 9.66. The van der Waals surface area contributed by atoms with Gasteiger partial charge in [-0.15, -0.1) is 0 Å². The molecule has 0 saturated carbocycles. The molecule has 0 radical (unpaired) electrons. The summed E-state index contributed by atoms with van der Waals surface area (Å²) in [7, 11) is 1.67. The molecule has 1 heterocycles. The predicted molar refractivity (Wildman–Crippen MR) is 139 cm³/mol. The molecule has 0 atom stereocenters. The van der Waals surface area contributed by atoms with Gasteiger partial charge >= 0.3 is 0 Å². The fourth-order valence-electron chi connectivity index (χ4n) is 5.36. The van der Waals surface area contributed by atoms with Crippen molar-refractivity contribution in [3.8, 4) is 5.75 Å². The molecule has 1 saturated heterocycles. The first kappa shape index (κ1) is 23.6. The van der Waals surface area contributed by atoms with Gasteiger partial charge in [-0.1, -0.05) is 18.2 Å². The highest BCUT2D eigenvalue weighted by atomic mass is 19.1. The molecule has 3 aromatic rings. The molecule has 182 valence electrons. The van der Waals surface area contributed by atoms with Crippen LogP contribution in [0.4, 0.5) is 14.5 Å². The summed E-state index contributed by atoms with van der Waals surface area (Å²) in [6.45, 7) is 8.64. The fraction of sp³-hybridized carbons (Fsp3) is 0.333. The summed E-state index contributed by atoms with van der Waals surface area (Å²) in [5, 5.41) is 0. The maximum atomic E-state index is 14.9. The topological polar surface area (TPSA) is 15.7 Å². The minimum absolute atomic E-state index is 0.469. The number of allylic oxidation sites excluding steroid dienone is 1. The molecule has 0 amide bonds. The Bertz CT molecular complexity index is 1240. The van der Waals surface area contributed by atoms with E-state index in [0.717, 1.165) is 66.7 Å². The lowest BCUT2D eigenvalue weighted by Crippen LogP contribution is -2.48. The number of methoxy groups -OCH3 is 1. The van der Waals surface area contributed by atoms with Crippen molar-refractivity contribution in [1.82, 2.24) is 4.90 Å². The largest absolute Gasteiger partial charge is 0.497 e. The average Bonchev–Trinajstić information content (AvgIpc) is 2.88. The van der Waals surface area contributed by atoms with Crippen LogP contribution < -0.4 is 9.64 Å². The number of benzene rings is 3. The maximum absolute atomic E-state index is 14.9. The third kappa shape index (κ3) is 4.70. The lowest BCUT2D eigenvalue weighted by Gasteiger charge is -2.38. The van der Waals surface area contributed by atoms with Gasteiger partial charge in [0.15, 0.2) is 0 Å². The number of anilines is 1. The molecule has 3 aromatic carbocycles. The van der Waals surface area contributed by atoms with E-state index in [0.29, 0.717) is 18.0 Å². The normalized spacial score (nSPS) is 16.6. The van der Waals surface area contributed by atoms with Crippen LogP contribution in [0.25, 0.3) is 11.1 Å². The number of aryl methyl sites for hydroxylation is 1. The molecular formula is C30H32F2N2O. The molecule has 1 aliphatic heterocycles. The summed E-state index contributed by atoms with van der Waals surface area (Å²) in [5.74, 6) is -0.263. The van der Waals surface area contributed by atoms with Gasteiger partial charge in [0, 0.05) is 49.5 Å². The van der Waals surface area contributed by atoms with Gasteiger partial charge in [0.25, 0.3) is 0 Å². The lowest BCUT2D eigenvalue weighted by molar-refractivity contribution is 0.209. The van der Waals surface area contributed by atoms with E-state index in [-0.39, 0.29) is 0 Å². The van der Waals surface area contributed by atoms with Crippen LogP contribution in [0.2, 0.25) is 0 Å². The highest BCUT2D eigenvalue weighted by molar-refractivity contribution is 6.01. The maximum Gasteiger partial charge on any atom is 0.133 e. The summed E-state index contributed by atoms with van der Waals surface area (Å²) in [4.78, 5) is 4.93. The molecule has 1 aliphatic carbocycles. The van der Waals surface area contributed by atoms with Crippen LogP contribution in [0, 0.1) is 11.6 Å². The van der Waals surface area contributed by atoms with E-state index in [4.69, 9.17) is 4.74 Å². The Morgan fingerprint density at radius 2 is 1.51 bits per heavy atom. The van der Waals surface area contributed by atoms with Gasteiger partial charge in [-0.2, -0.15) is 0 Å². The van der Waals surface area contributed by atoms with Crippen molar-refractivity contribution in [2.24, 2.45) is 0 Å². The first-order valence-electron chi connectivity index (χ1n) is 12.4. The molecule has 0 spiro atoms. The molecule has 0 aromatic heterocycles. The number of halogens is 2. The molecule has 0 unspecified atom stereocenters. The van der Waals surface area contributed by atoms with Gasteiger partial charge in [-0.3, -0.25) is 4.90 Å². The van der Waals surface area contributed by atoms with Crippen LogP contribution in [0.15, 0.2) is 60.7 Å². The Labute approximate surface area is 206 Å². The van der Waals surface area contributed by atoms with Crippen molar-refractivity contribution >= 4 is 16.8 Å². The van der Waals surface area contributed by atoms with Crippen molar-refractivity contribution < 1.29 is 13.5 Å². The summed E-state index contributed by atoms with van der Waals surface area (Å²) in [6.07, 6.45) is 1.46. The highest BCUT2D eigenvalue weighted by Gasteiger charge is 2.25. The van der Waals surface area contributed by atoms with Crippen LogP contribution in [0.1, 0.15) is 42.5 Å². The number of hydrogen-bond acceptors (Lipinski definition) is 3. The van der Waals surface area contributed by atoms with E-state index in [1.165, 1.54) is 17.3 Å². The van der Waals surface area contributed by atoms with Gasteiger partial charge in [0.05, 0.1) is 7.11 Å². The summed E-state index contributed by atoms with van der Waals surface area (Å²) < 4.78 is 34.0. The first-order valence-corrected chi connectivity index (χ1v) is 12.4. The van der Waals surface area contributed by atoms with E-state index in [9.17, 15) is 8.78 Å². The van der Waals surface area contributed by atoms with Crippen LogP contribution in [0.5, 0.6) is 5.75 Å². The zero-order valence-corrected chi connectivity index (χ0v) is 20.7. The van der Waals surface area contributed by atoms with Gasteiger partial charge in [0.1, 0.15) is 17.4 Å². The fourth-order valence-corrected chi connectivity index (χ4v) is 5.36. The first-order chi connectivity index (χ1) is 16.9. The van der Waals surface area contributed by atoms with Crippen molar-refractivity contribution in [3.63, 3.8) is 0 Å². The number of fused-ring (bicyclic) bond motifs is 1. The van der Waals surface area contributed by atoms with Gasteiger partial charge in [-0.05, 0) is 90.9 Å². The van der Waals surface area contributed by atoms with E-state index < -0.39 is 11.6 Å². The van der Waals surface area contributed by atoms with Crippen LogP contribution >= 0.6 is 0 Å². The molecule has 3 nitrogen and oxygen atoms in total. The number of nitrogens with zero attached hydrogens (tertiary/aromatic N) is 2. The quantitative estimate of drug-likeness (QED) is 0.425. The summed E-state index contributed by atoms with van der Waals surface area (Å²) >= 11 is 0. The van der Waals surface area contributed by atoms with Crippen molar-refractivity contribution in [2.45, 2.75) is 32.7 Å². The molecular weight excluding hydrogens is 442 g/mol. The van der Waals surface area contributed by atoms with Crippen LogP contribution in [-0.4, -0.2) is 44.2 Å². The number of ether oxygens (including phenoxy) is 1. The zero-order chi connectivity index (χ0) is 24.5. The van der Waals surface area contributed by atoms with Crippen molar-refractivity contribution in [1.29, 1.82) is 0 Å². The second kappa shape index (κ2) is 9.82. The predicted octanol–water partition coefficient (Wildman–Crippen LogP) is 6.41.